The summed E-state index contributed by atoms with van der Waals surface area (Å²) in [6.45, 7) is 14.2. The predicted molar refractivity (Wildman–Crippen MR) is 81.3 cm³/mol. The van der Waals surface area contributed by atoms with Crippen LogP contribution in [0.25, 0.3) is 5.76 Å². The minimum absolute atomic E-state index is 0.496. The quantitative estimate of drug-likeness (QED) is 0.424. The van der Waals surface area contributed by atoms with Crippen LogP contribution in [0.1, 0.15) is 25.0 Å². The largest absolute Gasteiger partial charge is 0.497 e. The van der Waals surface area contributed by atoms with Crippen molar-refractivity contribution >= 4 is 5.76 Å². The number of hydrogen-bond donors (Lipinski definition) is 0. The second-order valence-electron chi connectivity index (χ2n) is 4.78. The Labute approximate surface area is 116 Å². The maximum absolute atomic E-state index is 5.83. The Hall–Kier alpha value is -1.96. The second kappa shape index (κ2) is 6.83. The lowest BCUT2D eigenvalue weighted by Gasteiger charge is -2.14. The Morgan fingerprint density at radius 3 is 2.47 bits per heavy atom. The summed E-state index contributed by atoms with van der Waals surface area (Å²) >= 11 is 0. The van der Waals surface area contributed by atoms with E-state index in [0.717, 1.165) is 33.8 Å². The van der Waals surface area contributed by atoms with E-state index in [4.69, 9.17) is 9.47 Å². The van der Waals surface area contributed by atoms with E-state index in [9.17, 15) is 0 Å². The molecule has 0 saturated carbocycles. The summed E-state index contributed by atoms with van der Waals surface area (Å²) in [6.07, 6.45) is 1.94. The van der Waals surface area contributed by atoms with E-state index in [1.807, 2.05) is 45.0 Å². The lowest BCUT2D eigenvalue weighted by Crippen LogP contribution is -1.99. The second-order valence-corrected chi connectivity index (χ2v) is 4.78. The first-order chi connectivity index (χ1) is 8.93. The molecular weight excluding hydrogens is 236 g/mol. The molecule has 2 nitrogen and oxygen atoms in total. The molecule has 2 heteroatoms. The van der Waals surface area contributed by atoms with Gasteiger partial charge in [-0.3, -0.25) is 0 Å². The van der Waals surface area contributed by atoms with Crippen molar-refractivity contribution in [3.8, 4) is 5.75 Å². The highest BCUT2D eigenvalue weighted by Gasteiger charge is 2.08. The summed E-state index contributed by atoms with van der Waals surface area (Å²) < 4.78 is 11.1. The molecule has 0 amide bonds. The van der Waals surface area contributed by atoms with Gasteiger partial charge in [-0.25, -0.2) is 0 Å². The Bertz CT molecular complexity index is 510. The molecule has 19 heavy (non-hydrogen) atoms. The van der Waals surface area contributed by atoms with Gasteiger partial charge in [0, 0.05) is 5.56 Å². The molecule has 0 aliphatic heterocycles. The van der Waals surface area contributed by atoms with Gasteiger partial charge in [0.05, 0.1) is 7.11 Å². The van der Waals surface area contributed by atoms with Gasteiger partial charge in [0.25, 0.3) is 0 Å². The highest BCUT2D eigenvalue weighted by atomic mass is 16.5. The molecule has 0 aromatic heterocycles. The summed E-state index contributed by atoms with van der Waals surface area (Å²) in [7, 11) is 1.66. The number of aryl methyl sites for hydroxylation is 1. The van der Waals surface area contributed by atoms with Gasteiger partial charge in [-0.15, -0.1) is 0 Å². The Morgan fingerprint density at radius 1 is 1.26 bits per heavy atom. The van der Waals surface area contributed by atoms with Crippen molar-refractivity contribution in [2.75, 3.05) is 13.7 Å². The third-order valence-electron chi connectivity index (χ3n) is 2.56. The first-order valence-corrected chi connectivity index (χ1v) is 6.23. The Morgan fingerprint density at radius 2 is 1.95 bits per heavy atom. The average Bonchev–Trinajstić information content (AvgIpc) is 2.34. The molecule has 0 N–H and O–H groups in total. The van der Waals surface area contributed by atoms with Crippen molar-refractivity contribution in [3.05, 3.63) is 59.7 Å². The average molecular weight is 258 g/mol. The van der Waals surface area contributed by atoms with E-state index < -0.39 is 0 Å². The fourth-order valence-corrected chi connectivity index (χ4v) is 1.62. The Kier molecular flexibility index (Phi) is 5.43. The Balaban J connectivity index is 3.16. The van der Waals surface area contributed by atoms with E-state index in [0.29, 0.717) is 6.61 Å². The molecule has 0 spiro atoms. The zero-order valence-corrected chi connectivity index (χ0v) is 12.2. The van der Waals surface area contributed by atoms with Crippen LogP contribution in [0.2, 0.25) is 0 Å². The number of allylic oxidation sites excluding steroid dienone is 2. The fraction of sp³-hybridized carbons (Fsp3) is 0.294. The molecule has 0 saturated heterocycles. The molecule has 1 rings (SSSR count). The summed E-state index contributed by atoms with van der Waals surface area (Å²) in [5, 5.41) is 0. The lowest BCUT2D eigenvalue weighted by molar-refractivity contribution is 0.309. The van der Waals surface area contributed by atoms with E-state index >= 15 is 0 Å². The summed E-state index contributed by atoms with van der Waals surface area (Å²) in [5.74, 6) is 1.61. The zero-order chi connectivity index (χ0) is 14.4. The fourth-order valence-electron chi connectivity index (χ4n) is 1.62. The molecule has 1 aromatic rings. The van der Waals surface area contributed by atoms with E-state index in [1.165, 1.54) is 0 Å². The van der Waals surface area contributed by atoms with Crippen molar-refractivity contribution in [1.82, 2.24) is 0 Å². The van der Waals surface area contributed by atoms with Crippen molar-refractivity contribution < 1.29 is 9.47 Å². The summed E-state index contributed by atoms with van der Waals surface area (Å²) in [5.41, 5.74) is 4.07. The van der Waals surface area contributed by atoms with Gasteiger partial charge in [-0.2, -0.15) is 0 Å². The van der Waals surface area contributed by atoms with Gasteiger partial charge in [-0.05, 0) is 50.1 Å². The van der Waals surface area contributed by atoms with Crippen LogP contribution in [-0.4, -0.2) is 13.7 Å². The van der Waals surface area contributed by atoms with Gasteiger partial charge in [-0.1, -0.05) is 24.8 Å². The maximum atomic E-state index is 5.83. The van der Waals surface area contributed by atoms with Gasteiger partial charge < -0.3 is 9.47 Å². The normalized spacial score (nSPS) is 11.1. The number of rotatable bonds is 6. The number of benzene rings is 1. The van der Waals surface area contributed by atoms with Crippen LogP contribution in [0.4, 0.5) is 0 Å². The lowest BCUT2D eigenvalue weighted by atomic mass is 10.1. The van der Waals surface area contributed by atoms with Crippen LogP contribution >= 0.6 is 0 Å². The van der Waals surface area contributed by atoms with E-state index in [2.05, 4.69) is 13.2 Å². The molecule has 0 unspecified atom stereocenters. The van der Waals surface area contributed by atoms with E-state index in [1.54, 1.807) is 7.11 Å². The van der Waals surface area contributed by atoms with Crippen molar-refractivity contribution in [2.45, 2.75) is 20.8 Å². The topological polar surface area (TPSA) is 18.5 Å². The molecular formula is C17H22O2. The molecule has 0 aliphatic carbocycles. The SMILES string of the molecule is C=C(C)/C=C(/OCC(=C)C)c1cc(OC)ccc1C. The molecule has 0 fully saturated rings. The van der Waals surface area contributed by atoms with Crippen molar-refractivity contribution in [2.24, 2.45) is 0 Å². The van der Waals surface area contributed by atoms with Gasteiger partial charge in [0.1, 0.15) is 18.1 Å². The monoisotopic (exact) mass is 258 g/mol. The van der Waals surface area contributed by atoms with Crippen LogP contribution in [0.15, 0.2) is 48.6 Å². The minimum Gasteiger partial charge on any atom is -0.497 e. The molecule has 0 aliphatic rings. The van der Waals surface area contributed by atoms with Crippen LogP contribution < -0.4 is 4.74 Å². The van der Waals surface area contributed by atoms with Crippen LogP contribution in [0.5, 0.6) is 5.75 Å². The van der Waals surface area contributed by atoms with Gasteiger partial charge in [0.2, 0.25) is 0 Å². The van der Waals surface area contributed by atoms with Gasteiger partial charge in [0.15, 0.2) is 0 Å². The van der Waals surface area contributed by atoms with Crippen molar-refractivity contribution in [3.63, 3.8) is 0 Å². The first-order valence-electron chi connectivity index (χ1n) is 6.23. The van der Waals surface area contributed by atoms with Crippen LogP contribution in [0, 0.1) is 6.92 Å². The first kappa shape index (κ1) is 15.1. The van der Waals surface area contributed by atoms with Crippen molar-refractivity contribution in [1.29, 1.82) is 0 Å². The summed E-state index contributed by atoms with van der Waals surface area (Å²) in [6, 6.07) is 5.93. The third kappa shape index (κ3) is 4.66. The van der Waals surface area contributed by atoms with Crippen LogP contribution in [-0.2, 0) is 4.74 Å². The molecule has 1 aromatic carbocycles. The minimum atomic E-state index is 0.496. The standard InChI is InChI=1S/C17H22O2/c1-12(2)9-17(19-11-13(3)4)16-10-15(18-6)8-7-14(16)5/h7-10H,1,3,11H2,2,4-6H3/b17-9+. The third-order valence-corrected chi connectivity index (χ3v) is 2.56. The molecule has 102 valence electrons. The van der Waals surface area contributed by atoms with Crippen LogP contribution in [0.3, 0.4) is 0 Å². The predicted octanol–water partition coefficient (Wildman–Crippen LogP) is 4.51. The molecule has 0 bridgehead atoms. The molecule has 0 heterocycles. The highest BCUT2D eigenvalue weighted by molar-refractivity contribution is 5.66. The molecule has 0 atom stereocenters. The number of ether oxygens (including phenoxy) is 2. The maximum Gasteiger partial charge on any atom is 0.127 e. The smallest absolute Gasteiger partial charge is 0.127 e. The zero-order valence-electron chi connectivity index (χ0n) is 12.2. The summed E-state index contributed by atoms with van der Waals surface area (Å²) in [4.78, 5) is 0. The molecule has 0 radical (unpaired) electrons. The number of methoxy groups -OCH3 is 1. The van der Waals surface area contributed by atoms with Gasteiger partial charge >= 0.3 is 0 Å². The number of hydrogen-bond acceptors (Lipinski definition) is 2. The van der Waals surface area contributed by atoms with E-state index in [-0.39, 0.29) is 0 Å². The highest BCUT2D eigenvalue weighted by Crippen LogP contribution is 2.26.